The molecule has 0 spiro atoms. The van der Waals surface area contributed by atoms with E-state index in [1.54, 1.807) is 7.11 Å². The summed E-state index contributed by atoms with van der Waals surface area (Å²) in [5.74, 6) is 1.56. The molecule has 0 atom stereocenters. The van der Waals surface area contributed by atoms with Crippen molar-refractivity contribution < 1.29 is 14.1 Å². The Morgan fingerprint density at radius 2 is 2.00 bits per heavy atom. The van der Waals surface area contributed by atoms with Crippen molar-refractivity contribution in [1.29, 1.82) is 0 Å². The molecule has 1 fully saturated rings. The van der Waals surface area contributed by atoms with Gasteiger partial charge in [-0.15, -0.1) is 0 Å². The molecule has 1 aliphatic heterocycles. The average Bonchev–Trinajstić information content (AvgIpc) is 3.01. The molecule has 0 saturated carbocycles. The number of carbonyl (C=O) groups is 1. The third kappa shape index (κ3) is 3.55. The molecule has 0 aliphatic carbocycles. The molecule has 1 aromatic heterocycles. The fraction of sp³-hybridized carbons (Fsp3) is 0.444. The van der Waals surface area contributed by atoms with Gasteiger partial charge in [-0.2, -0.15) is 0 Å². The van der Waals surface area contributed by atoms with Gasteiger partial charge in [0.1, 0.15) is 17.1 Å². The van der Waals surface area contributed by atoms with Crippen molar-refractivity contribution in [1.82, 2.24) is 10.1 Å². The number of hydrogen-bond acceptors (Lipinski definition) is 5. The quantitative estimate of drug-likeness (QED) is 0.923. The van der Waals surface area contributed by atoms with Crippen LogP contribution in [0.15, 0.2) is 28.8 Å². The number of nitrogens with one attached hydrogen (secondary N) is 1. The average molecular weight is 344 g/mol. The number of piperazine rings is 1. The number of hydrogen-bond donors (Lipinski definition) is 1. The Morgan fingerprint density at radius 1 is 1.28 bits per heavy atom. The van der Waals surface area contributed by atoms with Gasteiger partial charge in [-0.1, -0.05) is 24.2 Å². The Balaban J connectivity index is 1.62. The first-order chi connectivity index (χ1) is 12.1. The van der Waals surface area contributed by atoms with E-state index in [1.807, 2.05) is 43.0 Å². The van der Waals surface area contributed by atoms with Crippen molar-refractivity contribution in [3.63, 3.8) is 0 Å². The first-order valence-corrected chi connectivity index (χ1v) is 8.53. The van der Waals surface area contributed by atoms with Gasteiger partial charge in [-0.3, -0.25) is 0 Å². The maximum absolute atomic E-state index is 12.6. The Labute approximate surface area is 147 Å². The number of carbonyl (C=O) groups excluding carboxylic acids is 1. The fourth-order valence-corrected chi connectivity index (χ4v) is 3.05. The van der Waals surface area contributed by atoms with Crippen LogP contribution in [0.3, 0.4) is 0 Å². The second kappa shape index (κ2) is 7.46. The van der Waals surface area contributed by atoms with Gasteiger partial charge in [-0.05, 0) is 19.1 Å². The van der Waals surface area contributed by atoms with Gasteiger partial charge in [0, 0.05) is 32.6 Å². The number of benzene rings is 1. The number of amides is 2. The van der Waals surface area contributed by atoms with E-state index in [-0.39, 0.29) is 6.03 Å². The summed E-state index contributed by atoms with van der Waals surface area (Å²) >= 11 is 0. The standard InChI is InChI=1S/C18H24N4O3/c1-4-15-17(13(2)20-25-15)19-18(23)22-11-9-21(10-12-22)14-7-5-6-8-16(14)24-3/h5-8H,4,9-12H2,1-3H3,(H,19,23). The zero-order chi connectivity index (χ0) is 17.8. The summed E-state index contributed by atoms with van der Waals surface area (Å²) in [6, 6.07) is 7.84. The number of methoxy groups -OCH3 is 1. The summed E-state index contributed by atoms with van der Waals surface area (Å²) < 4.78 is 10.7. The van der Waals surface area contributed by atoms with Gasteiger partial charge in [0.05, 0.1) is 12.8 Å². The molecule has 1 aromatic carbocycles. The number of ether oxygens (including phenoxy) is 1. The Bertz CT molecular complexity index is 736. The van der Waals surface area contributed by atoms with Gasteiger partial charge >= 0.3 is 6.03 Å². The van der Waals surface area contributed by atoms with Gasteiger partial charge in [0.25, 0.3) is 0 Å². The summed E-state index contributed by atoms with van der Waals surface area (Å²) in [5, 5.41) is 6.87. The van der Waals surface area contributed by atoms with Gasteiger partial charge in [0.15, 0.2) is 5.76 Å². The lowest BCUT2D eigenvalue weighted by atomic mass is 10.2. The van der Waals surface area contributed by atoms with Crippen molar-refractivity contribution in [2.75, 3.05) is 43.5 Å². The lowest BCUT2D eigenvalue weighted by Gasteiger charge is -2.36. The summed E-state index contributed by atoms with van der Waals surface area (Å²) in [6.07, 6.45) is 0.692. The SMILES string of the molecule is CCc1onc(C)c1NC(=O)N1CCN(c2ccccc2OC)CC1. The van der Waals surface area contributed by atoms with Crippen LogP contribution >= 0.6 is 0 Å². The third-order valence-corrected chi connectivity index (χ3v) is 4.48. The molecule has 2 aromatic rings. The molecule has 1 N–H and O–H groups in total. The van der Waals surface area contributed by atoms with Crippen molar-refractivity contribution in [2.45, 2.75) is 20.3 Å². The van der Waals surface area contributed by atoms with Crippen molar-refractivity contribution >= 4 is 17.4 Å². The van der Waals surface area contributed by atoms with E-state index in [0.717, 1.165) is 24.5 Å². The van der Waals surface area contributed by atoms with E-state index < -0.39 is 0 Å². The highest BCUT2D eigenvalue weighted by atomic mass is 16.5. The maximum Gasteiger partial charge on any atom is 0.322 e. The smallest absolute Gasteiger partial charge is 0.322 e. The molecule has 2 heterocycles. The highest BCUT2D eigenvalue weighted by Crippen LogP contribution is 2.28. The van der Waals surface area contributed by atoms with Crippen LogP contribution in [0.2, 0.25) is 0 Å². The van der Waals surface area contributed by atoms with Crippen LogP contribution in [0.5, 0.6) is 5.75 Å². The van der Waals surface area contributed by atoms with Gasteiger partial charge in [0.2, 0.25) is 0 Å². The highest BCUT2D eigenvalue weighted by molar-refractivity contribution is 5.90. The summed E-state index contributed by atoms with van der Waals surface area (Å²) in [5.41, 5.74) is 2.46. The number of anilines is 2. The van der Waals surface area contributed by atoms with Crippen LogP contribution in [0, 0.1) is 6.92 Å². The van der Waals surface area contributed by atoms with Gasteiger partial charge < -0.3 is 24.4 Å². The molecule has 0 unspecified atom stereocenters. The zero-order valence-corrected chi connectivity index (χ0v) is 14.9. The Kier molecular flexibility index (Phi) is 5.11. The van der Waals surface area contributed by atoms with Crippen molar-refractivity contribution in [3.05, 3.63) is 35.7 Å². The molecule has 1 aliphatic rings. The molecule has 134 valence electrons. The van der Waals surface area contributed by atoms with E-state index >= 15 is 0 Å². The van der Waals surface area contributed by atoms with Crippen LogP contribution in [0.25, 0.3) is 0 Å². The summed E-state index contributed by atoms with van der Waals surface area (Å²) in [7, 11) is 1.68. The largest absolute Gasteiger partial charge is 0.495 e. The third-order valence-electron chi connectivity index (χ3n) is 4.48. The minimum Gasteiger partial charge on any atom is -0.495 e. The zero-order valence-electron chi connectivity index (χ0n) is 14.9. The number of aromatic nitrogens is 1. The van der Waals surface area contributed by atoms with Crippen LogP contribution in [-0.2, 0) is 6.42 Å². The first kappa shape index (κ1) is 17.1. The van der Waals surface area contributed by atoms with Crippen LogP contribution in [0.1, 0.15) is 18.4 Å². The number of para-hydroxylation sites is 2. The molecule has 0 bridgehead atoms. The van der Waals surface area contributed by atoms with Crippen LogP contribution in [0.4, 0.5) is 16.2 Å². The van der Waals surface area contributed by atoms with E-state index in [0.29, 0.717) is 36.7 Å². The molecule has 3 rings (SSSR count). The van der Waals surface area contributed by atoms with E-state index in [4.69, 9.17) is 9.26 Å². The molecule has 7 nitrogen and oxygen atoms in total. The molecule has 1 saturated heterocycles. The second-order valence-corrected chi connectivity index (χ2v) is 6.00. The monoisotopic (exact) mass is 344 g/mol. The van der Waals surface area contributed by atoms with Gasteiger partial charge in [-0.25, -0.2) is 4.79 Å². The molecule has 2 amide bonds. The summed E-state index contributed by atoms with van der Waals surface area (Å²) in [6.45, 7) is 6.62. The normalized spacial score (nSPS) is 14.5. The number of rotatable bonds is 4. The van der Waals surface area contributed by atoms with Crippen LogP contribution in [-0.4, -0.2) is 49.4 Å². The lowest BCUT2D eigenvalue weighted by molar-refractivity contribution is 0.208. The lowest BCUT2D eigenvalue weighted by Crippen LogP contribution is -2.50. The maximum atomic E-state index is 12.6. The number of aryl methyl sites for hydroxylation is 2. The molecular weight excluding hydrogens is 320 g/mol. The predicted octanol–water partition coefficient (Wildman–Crippen LogP) is 2.91. The first-order valence-electron chi connectivity index (χ1n) is 8.53. The topological polar surface area (TPSA) is 70.8 Å². The molecular formula is C18H24N4O3. The number of urea groups is 1. The summed E-state index contributed by atoms with van der Waals surface area (Å²) in [4.78, 5) is 16.6. The van der Waals surface area contributed by atoms with Crippen molar-refractivity contribution in [3.8, 4) is 5.75 Å². The Hall–Kier alpha value is -2.70. The molecule has 25 heavy (non-hydrogen) atoms. The highest BCUT2D eigenvalue weighted by Gasteiger charge is 2.24. The fourth-order valence-electron chi connectivity index (χ4n) is 3.05. The molecule has 0 radical (unpaired) electrons. The predicted molar refractivity (Wildman–Crippen MR) is 96.4 cm³/mol. The van der Waals surface area contributed by atoms with Crippen molar-refractivity contribution in [2.24, 2.45) is 0 Å². The van der Waals surface area contributed by atoms with E-state index in [9.17, 15) is 4.79 Å². The minimum absolute atomic E-state index is 0.110. The Morgan fingerprint density at radius 3 is 2.68 bits per heavy atom. The second-order valence-electron chi connectivity index (χ2n) is 6.00. The van der Waals surface area contributed by atoms with Crippen LogP contribution < -0.4 is 15.0 Å². The number of nitrogens with zero attached hydrogens (tertiary/aromatic N) is 3. The van der Waals surface area contributed by atoms with E-state index in [2.05, 4.69) is 15.4 Å². The minimum atomic E-state index is -0.110. The molecule has 7 heteroatoms. The van der Waals surface area contributed by atoms with E-state index in [1.165, 1.54) is 0 Å².